The van der Waals surface area contributed by atoms with Crippen LogP contribution in [0, 0.1) is 17.5 Å². The van der Waals surface area contributed by atoms with E-state index in [2.05, 4.69) is 4.72 Å². The predicted molar refractivity (Wildman–Crippen MR) is 95.7 cm³/mol. The van der Waals surface area contributed by atoms with Gasteiger partial charge in [0.15, 0.2) is 0 Å². The van der Waals surface area contributed by atoms with Gasteiger partial charge in [-0.15, -0.1) is 0 Å². The molecule has 0 saturated heterocycles. The summed E-state index contributed by atoms with van der Waals surface area (Å²) in [5, 5.41) is 0. The van der Waals surface area contributed by atoms with E-state index in [1.807, 2.05) is 13.8 Å². The second kappa shape index (κ2) is 8.68. The highest BCUT2D eigenvalue weighted by Gasteiger charge is 2.21. The maximum absolute atomic E-state index is 14.4. The summed E-state index contributed by atoms with van der Waals surface area (Å²) in [5.74, 6) is -2.57. The SMILES string of the molecule is CCCC(CCC)NS(=O)(=O)c1ccc(-c2ccc(F)cc2F)c(F)c1. The van der Waals surface area contributed by atoms with Gasteiger partial charge in [0.25, 0.3) is 0 Å². The largest absolute Gasteiger partial charge is 0.240 e. The van der Waals surface area contributed by atoms with Crippen LogP contribution in [0.5, 0.6) is 0 Å². The molecule has 26 heavy (non-hydrogen) atoms. The van der Waals surface area contributed by atoms with Crippen LogP contribution >= 0.6 is 0 Å². The van der Waals surface area contributed by atoms with Crippen LogP contribution in [0.3, 0.4) is 0 Å². The highest BCUT2D eigenvalue weighted by Crippen LogP contribution is 2.28. The summed E-state index contributed by atoms with van der Waals surface area (Å²) in [5.41, 5.74) is -0.254. The summed E-state index contributed by atoms with van der Waals surface area (Å²) in [6.07, 6.45) is 3.03. The van der Waals surface area contributed by atoms with Crippen LogP contribution in [-0.4, -0.2) is 14.5 Å². The number of sulfonamides is 1. The fraction of sp³-hybridized carbons (Fsp3) is 0.368. The third-order valence-electron chi connectivity index (χ3n) is 4.07. The second-order valence-corrected chi connectivity index (χ2v) is 7.88. The maximum Gasteiger partial charge on any atom is 0.240 e. The number of benzene rings is 2. The zero-order valence-electron chi connectivity index (χ0n) is 14.7. The van der Waals surface area contributed by atoms with Crippen molar-refractivity contribution in [2.24, 2.45) is 0 Å². The normalized spacial score (nSPS) is 11.9. The second-order valence-electron chi connectivity index (χ2n) is 6.16. The summed E-state index contributed by atoms with van der Waals surface area (Å²) >= 11 is 0. The molecule has 142 valence electrons. The lowest BCUT2D eigenvalue weighted by molar-refractivity contribution is 0.493. The van der Waals surface area contributed by atoms with Crippen LogP contribution < -0.4 is 4.72 Å². The molecular formula is C19H22F3NO2S. The van der Waals surface area contributed by atoms with Gasteiger partial charge in [0.05, 0.1) is 4.90 Å². The van der Waals surface area contributed by atoms with Crippen molar-refractivity contribution in [3.05, 3.63) is 53.8 Å². The Labute approximate surface area is 152 Å². The zero-order valence-corrected chi connectivity index (χ0v) is 15.5. The van der Waals surface area contributed by atoms with E-state index >= 15 is 0 Å². The van der Waals surface area contributed by atoms with E-state index in [1.165, 1.54) is 12.1 Å². The topological polar surface area (TPSA) is 46.2 Å². The van der Waals surface area contributed by atoms with Crippen LogP contribution in [0.4, 0.5) is 13.2 Å². The van der Waals surface area contributed by atoms with E-state index in [4.69, 9.17) is 0 Å². The molecule has 2 aromatic rings. The van der Waals surface area contributed by atoms with Crippen molar-refractivity contribution in [3.63, 3.8) is 0 Å². The van der Waals surface area contributed by atoms with Gasteiger partial charge in [-0.25, -0.2) is 26.3 Å². The van der Waals surface area contributed by atoms with E-state index in [0.29, 0.717) is 18.9 Å². The molecule has 3 nitrogen and oxygen atoms in total. The molecule has 0 unspecified atom stereocenters. The first kappa shape index (κ1) is 20.5. The van der Waals surface area contributed by atoms with Crippen molar-refractivity contribution in [1.29, 1.82) is 0 Å². The van der Waals surface area contributed by atoms with E-state index in [-0.39, 0.29) is 22.1 Å². The van der Waals surface area contributed by atoms with E-state index < -0.39 is 27.5 Å². The average Bonchev–Trinajstić information content (AvgIpc) is 2.55. The van der Waals surface area contributed by atoms with Crippen molar-refractivity contribution in [2.75, 3.05) is 0 Å². The Kier molecular flexibility index (Phi) is 6.83. The molecule has 2 aromatic carbocycles. The van der Waals surface area contributed by atoms with E-state index in [0.717, 1.165) is 31.0 Å². The monoisotopic (exact) mass is 385 g/mol. The molecule has 1 N–H and O–H groups in total. The van der Waals surface area contributed by atoms with E-state index in [1.54, 1.807) is 0 Å². The van der Waals surface area contributed by atoms with Crippen molar-refractivity contribution in [1.82, 2.24) is 4.72 Å². The fourth-order valence-corrected chi connectivity index (χ4v) is 4.15. The Bertz CT molecular complexity index is 863. The fourth-order valence-electron chi connectivity index (χ4n) is 2.84. The lowest BCUT2D eigenvalue weighted by Crippen LogP contribution is -2.34. The zero-order chi connectivity index (χ0) is 19.3. The number of nitrogens with one attached hydrogen (secondary N) is 1. The molecule has 0 aliphatic rings. The van der Waals surface area contributed by atoms with Crippen LogP contribution in [0.1, 0.15) is 39.5 Å². The van der Waals surface area contributed by atoms with Crippen molar-refractivity contribution in [3.8, 4) is 11.1 Å². The molecule has 0 amide bonds. The maximum atomic E-state index is 14.4. The smallest absolute Gasteiger partial charge is 0.208 e. The quantitative estimate of drug-likeness (QED) is 0.694. The molecule has 0 saturated carbocycles. The standard InChI is InChI=1S/C19H22F3NO2S/c1-3-5-14(6-4-2)23-26(24,25)15-8-10-17(19(22)12-15)16-9-7-13(20)11-18(16)21/h7-12,14,23H,3-6H2,1-2H3. The molecular weight excluding hydrogens is 363 g/mol. The third kappa shape index (κ3) is 4.86. The average molecular weight is 385 g/mol. The van der Waals surface area contributed by atoms with Gasteiger partial charge in [0, 0.05) is 23.2 Å². The van der Waals surface area contributed by atoms with Gasteiger partial charge >= 0.3 is 0 Å². The van der Waals surface area contributed by atoms with Gasteiger partial charge in [0.2, 0.25) is 10.0 Å². The number of halogens is 3. The minimum atomic E-state index is -3.89. The Hall–Kier alpha value is -1.86. The summed E-state index contributed by atoms with van der Waals surface area (Å²) in [4.78, 5) is -0.224. The van der Waals surface area contributed by atoms with Crippen LogP contribution in [0.2, 0.25) is 0 Å². The van der Waals surface area contributed by atoms with Gasteiger partial charge in [-0.2, -0.15) is 0 Å². The molecule has 0 atom stereocenters. The summed E-state index contributed by atoms with van der Waals surface area (Å²) in [6.45, 7) is 3.92. The molecule has 2 rings (SSSR count). The van der Waals surface area contributed by atoms with Gasteiger partial charge in [-0.1, -0.05) is 26.7 Å². The van der Waals surface area contributed by atoms with Crippen LogP contribution in [0.15, 0.2) is 41.3 Å². The lowest BCUT2D eigenvalue weighted by atomic mass is 10.0. The first-order chi connectivity index (χ1) is 12.3. The Morgan fingerprint density at radius 2 is 1.42 bits per heavy atom. The Morgan fingerprint density at radius 1 is 0.885 bits per heavy atom. The molecule has 0 heterocycles. The number of rotatable bonds is 8. The molecule has 7 heteroatoms. The Balaban J connectivity index is 2.33. The molecule has 0 bridgehead atoms. The van der Waals surface area contributed by atoms with Crippen molar-refractivity contribution in [2.45, 2.75) is 50.5 Å². The van der Waals surface area contributed by atoms with Gasteiger partial charge < -0.3 is 0 Å². The number of hydrogen-bond acceptors (Lipinski definition) is 2. The molecule has 0 aromatic heterocycles. The van der Waals surface area contributed by atoms with Gasteiger partial charge in [-0.05, 0) is 43.2 Å². The molecule has 0 spiro atoms. The van der Waals surface area contributed by atoms with Crippen LogP contribution in [-0.2, 0) is 10.0 Å². The summed E-state index contributed by atoms with van der Waals surface area (Å²) in [6, 6.07) is 5.84. The highest BCUT2D eigenvalue weighted by molar-refractivity contribution is 7.89. The minimum Gasteiger partial charge on any atom is -0.208 e. The minimum absolute atomic E-state index is 0.125. The van der Waals surface area contributed by atoms with Crippen molar-refractivity contribution < 1.29 is 21.6 Å². The third-order valence-corrected chi connectivity index (χ3v) is 5.59. The first-order valence-corrected chi connectivity index (χ1v) is 10.0. The van der Waals surface area contributed by atoms with E-state index in [9.17, 15) is 21.6 Å². The molecule has 0 fully saturated rings. The van der Waals surface area contributed by atoms with Gasteiger partial charge in [-0.3, -0.25) is 0 Å². The number of hydrogen-bond donors (Lipinski definition) is 1. The van der Waals surface area contributed by atoms with Crippen molar-refractivity contribution >= 4 is 10.0 Å². The van der Waals surface area contributed by atoms with Gasteiger partial charge in [0.1, 0.15) is 17.5 Å². The first-order valence-electron chi connectivity index (χ1n) is 8.55. The molecule has 0 aliphatic heterocycles. The lowest BCUT2D eigenvalue weighted by Gasteiger charge is -2.17. The summed E-state index contributed by atoms with van der Waals surface area (Å²) in [7, 11) is -3.89. The summed E-state index contributed by atoms with van der Waals surface area (Å²) < 4.78 is 68.9. The highest BCUT2D eigenvalue weighted by atomic mass is 32.2. The van der Waals surface area contributed by atoms with Crippen LogP contribution in [0.25, 0.3) is 11.1 Å². The molecule has 0 radical (unpaired) electrons. The predicted octanol–water partition coefficient (Wildman–Crippen LogP) is 5.02. The Morgan fingerprint density at radius 3 is 1.92 bits per heavy atom. The molecule has 0 aliphatic carbocycles.